The van der Waals surface area contributed by atoms with E-state index >= 15 is 0 Å². The van der Waals surface area contributed by atoms with E-state index in [1.165, 1.54) is 5.56 Å². The zero-order chi connectivity index (χ0) is 21.9. The summed E-state index contributed by atoms with van der Waals surface area (Å²) in [5, 5.41) is 2.92. The molecule has 2 aromatic carbocycles. The van der Waals surface area contributed by atoms with E-state index in [0.29, 0.717) is 18.8 Å². The SMILES string of the molecule is CCCCNC(=O)C(C)N(Cc1ccc(Br)cc1)C(=O)COc1ccc(CC)cc1. The third-order valence-corrected chi connectivity index (χ3v) is 5.49. The van der Waals surface area contributed by atoms with Gasteiger partial charge in [0.1, 0.15) is 11.8 Å². The highest BCUT2D eigenvalue weighted by atomic mass is 79.9. The summed E-state index contributed by atoms with van der Waals surface area (Å²) < 4.78 is 6.67. The molecule has 2 amide bonds. The molecule has 0 radical (unpaired) electrons. The summed E-state index contributed by atoms with van der Waals surface area (Å²) in [6.45, 7) is 6.76. The molecule has 2 rings (SSSR count). The average Bonchev–Trinajstić information content (AvgIpc) is 2.77. The van der Waals surface area contributed by atoms with Crippen LogP contribution in [0.3, 0.4) is 0 Å². The Morgan fingerprint density at radius 1 is 1.03 bits per heavy atom. The second-order valence-corrected chi connectivity index (χ2v) is 8.17. The molecule has 1 unspecified atom stereocenters. The van der Waals surface area contributed by atoms with Gasteiger partial charge in [0.05, 0.1) is 0 Å². The Morgan fingerprint density at radius 3 is 2.27 bits per heavy atom. The van der Waals surface area contributed by atoms with Crippen LogP contribution in [0.4, 0.5) is 0 Å². The zero-order valence-electron chi connectivity index (χ0n) is 18.0. The van der Waals surface area contributed by atoms with Crippen molar-refractivity contribution in [2.24, 2.45) is 0 Å². The molecule has 5 nitrogen and oxygen atoms in total. The van der Waals surface area contributed by atoms with E-state index < -0.39 is 6.04 Å². The first-order valence-corrected chi connectivity index (χ1v) is 11.3. The number of unbranched alkanes of at least 4 members (excludes halogenated alkanes) is 1. The summed E-state index contributed by atoms with van der Waals surface area (Å²) >= 11 is 3.42. The minimum Gasteiger partial charge on any atom is -0.484 e. The maximum atomic E-state index is 13.0. The lowest BCUT2D eigenvalue weighted by atomic mass is 10.1. The molecule has 2 aromatic rings. The van der Waals surface area contributed by atoms with E-state index in [2.05, 4.69) is 35.1 Å². The standard InChI is InChI=1S/C24H31BrN2O3/c1-4-6-15-26-24(29)18(3)27(16-20-7-11-21(25)12-8-20)23(28)17-30-22-13-9-19(5-2)10-14-22/h7-14,18H,4-6,15-17H2,1-3H3,(H,26,29). The number of hydrogen-bond donors (Lipinski definition) is 1. The van der Waals surface area contributed by atoms with Gasteiger partial charge in [-0.25, -0.2) is 0 Å². The summed E-state index contributed by atoms with van der Waals surface area (Å²) in [6, 6.07) is 14.9. The van der Waals surface area contributed by atoms with Gasteiger partial charge in [-0.05, 0) is 55.2 Å². The van der Waals surface area contributed by atoms with Crippen LogP contribution in [0, 0.1) is 0 Å². The first-order chi connectivity index (χ1) is 14.4. The molecular formula is C24H31BrN2O3. The van der Waals surface area contributed by atoms with Crippen molar-refractivity contribution in [1.82, 2.24) is 10.2 Å². The minimum atomic E-state index is -0.593. The molecule has 162 valence electrons. The van der Waals surface area contributed by atoms with Gasteiger partial charge >= 0.3 is 0 Å². The molecule has 0 heterocycles. The fraction of sp³-hybridized carbons (Fsp3) is 0.417. The average molecular weight is 475 g/mol. The van der Waals surface area contributed by atoms with Gasteiger partial charge in [0, 0.05) is 17.6 Å². The number of amides is 2. The third kappa shape index (κ3) is 7.48. The van der Waals surface area contributed by atoms with Crippen molar-refractivity contribution in [1.29, 1.82) is 0 Å². The highest BCUT2D eigenvalue weighted by molar-refractivity contribution is 9.10. The third-order valence-electron chi connectivity index (χ3n) is 4.96. The highest BCUT2D eigenvalue weighted by Gasteiger charge is 2.26. The quantitative estimate of drug-likeness (QED) is 0.479. The Labute approximate surface area is 187 Å². The van der Waals surface area contributed by atoms with Crippen molar-refractivity contribution in [3.8, 4) is 5.75 Å². The molecule has 0 aliphatic rings. The van der Waals surface area contributed by atoms with E-state index in [1.54, 1.807) is 11.8 Å². The van der Waals surface area contributed by atoms with Crippen LogP contribution in [0.25, 0.3) is 0 Å². The second-order valence-electron chi connectivity index (χ2n) is 7.25. The fourth-order valence-corrected chi connectivity index (χ4v) is 3.22. The van der Waals surface area contributed by atoms with E-state index in [4.69, 9.17) is 4.74 Å². The first kappa shape index (κ1) is 23.9. The Balaban J connectivity index is 2.08. The largest absolute Gasteiger partial charge is 0.484 e. The molecule has 1 atom stereocenters. The number of nitrogens with zero attached hydrogens (tertiary/aromatic N) is 1. The zero-order valence-corrected chi connectivity index (χ0v) is 19.6. The van der Waals surface area contributed by atoms with Gasteiger partial charge in [0.15, 0.2) is 6.61 Å². The molecule has 1 N–H and O–H groups in total. The lowest BCUT2D eigenvalue weighted by Gasteiger charge is -2.28. The molecule has 0 saturated carbocycles. The molecule has 0 aliphatic carbocycles. The van der Waals surface area contributed by atoms with Gasteiger partial charge in [-0.1, -0.05) is 60.5 Å². The van der Waals surface area contributed by atoms with E-state index in [0.717, 1.165) is 29.3 Å². The topological polar surface area (TPSA) is 58.6 Å². The normalized spacial score (nSPS) is 11.6. The maximum Gasteiger partial charge on any atom is 0.261 e. The molecule has 6 heteroatoms. The van der Waals surface area contributed by atoms with Crippen molar-refractivity contribution in [3.63, 3.8) is 0 Å². The Bertz CT molecular complexity index is 806. The van der Waals surface area contributed by atoms with Gasteiger partial charge in [0.25, 0.3) is 5.91 Å². The second kappa shape index (κ2) is 12.4. The van der Waals surface area contributed by atoms with Gasteiger partial charge < -0.3 is 15.0 Å². The number of ether oxygens (including phenoxy) is 1. The molecule has 30 heavy (non-hydrogen) atoms. The Kier molecular flexibility index (Phi) is 9.87. The van der Waals surface area contributed by atoms with E-state index in [1.807, 2.05) is 48.5 Å². The molecule has 0 saturated heterocycles. The highest BCUT2D eigenvalue weighted by Crippen LogP contribution is 2.16. The van der Waals surface area contributed by atoms with Crippen molar-refractivity contribution in [2.75, 3.05) is 13.2 Å². The lowest BCUT2D eigenvalue weighted by Crippen LogP contribution is -2.49. The molecule has 0 spiro atoms. The monoisotopic (exact) mass is 474 g/mol. The number of halogens is 1. The summed E-state index contributed by atoms with van der Waals surface area (Å²) in [4.78, 5) is 27.2. The predicted octanol–water partition coefficient (Wildman–Crippen LogP) is 4.72. The number of carbonyl (C=O) groups excluding carboxylic acids is 2. The molecule has 0 fully saturated rings. The van der Waals surface area contributed by atoms with Crippen molar-refractivity contribution >= 4 is 27.7 Å². The smallest absolute Gasteiger partial charge is 0.261 e. The van der Waals surface area contributed by atoms with Crippen molar-refractivity contribution < 1.29 is 14.3 Å². The molecule has 0 aliphatic heterocycles. The van der Waals surface area contributed by atoms with Gasteiger partial charge in [-0.15, -0.1) is 0 Å². The van der Waals surface area contributed by atoms with Gasteiger partial charge in [0.2, 0.25) is 5.91 Å². The predicted molar refractivity (Wildman–Crippen MR) is 123 cm³/mol. The fourth-order valence-electron chi connectivity index (χ4n) is 2.95. The molecule has 0 aromatic heterocycles. The van der Waals surface area contributed by atoms with Gasteiger partial charge in [-0.2, -0.15) is 0 Å². The number of hydrogen-bond acceptors (Lipinski definition) is 3. The van der Waals surface area contributed by atoms with Crippen LogP contribution in [0.1, 0.15) is 44.7 Å². The van der Waals surface area contributed by atoms with Crippen LogP contribution in [0.15, 0.2) is 53.0 Å². The lowest BCUT2D eigenvalue weighted by molar-refractivity contribution is -0.142. The maximum absolute atomic E-state index is 13.0. The number of benzene rings is 2. The van der Waals surface area contributed by atoms with Crippen LogP contribution in [0.5, 0.6) is 5.75 Å². The van der Waals surface area contributed by atoms with Crippen LogP contribution < -0.4 is 10.1 Å². The number of carbonyl (C=O) groups is 2. The van der Waals surface area contributed by atoms with Crippen molar-refractivity contribution in [3.05, 3.63) is 64.1 Å². The first-order valence-electron chi connectivity index (χ1n) is 10.5. The van der Waals surface area contributed by atoms with Crippen LogP contribution >= 0.6 is 15.9 Å². The number of rotatable bonds is 11. The summed E-state index contributed by atoms with van der Waals surface area (Å²) in [5.74, 6) is 0.265. The molecule has 0 bridgehead atoms. The summed E-state index contributed by atoms with van der Waals surface area (Å²) in [7, 11) is 0. The Hall–Kier alpha value is -2.34. The minimum absolute atomic E-state index is 0.116. The van der Waals surface area contributed by atoms with Crippen molar-refractivity contribution in [2.45, 2.75) is 52.6 Å². The number of nitrogens with one attached hydrogen (secondary N) is 1. The van der Waals surface area contributed by atoms with E-state index in [9.17, 15) is 9.59 Å². The summed E-state index contributed by atoms with van der Waals surface area (Å²) in [5.41, 5.74) is 2.16. The van der Waals surface area contributed by atoms with Crippen LogP contribution in [-0.2, 0) is 22.6 Å². The number of aryl methyl sites for hydroxylation is 1. The molecular weight excluding hydrogens is 444 g/mol. The van der Waals surface area contributed by atoms with Gasteiger partial charge in [-0.3, -0.25) is 9.59 Å². The Morgan fingerprint density at radius 2 is 1.67 bits per heavy atom. The summed E-state index contributed by atoms with van der Waals surface area (Å²) in [6.07, 6.45) is 2.86. The van der Waals surface area contributed by atoms with E-state index in [-0.39, 0.29) is 18.4 Å². The van der Waals surface area contributed by atoms with Crippen LogP contribution in [0.2, 0.25) is 0 Å². The van der Waals surface area contributed by atoms with Crippen LogP contribution in [-0.4, -0.2) is 35.9 Å².